The molecule has 9 aromatic carbocycles. The topological polar surface area (TPSA) is 65.0 Å². The van der Waals surface area contributed by atoms with E-state index in [9.17, 15) is 0 Å². The maximum atomic E-state index is 6.66. The second kappa shape index (κ2) is 12.8. The summed E-state index contributed by atoms with van der Waals surface area (Å²) in [6, 6.07) is 70.9. The van der Waals surface area contributed by atoms with Gasteiger partial charge in [-0.05, 0) is 98.1 Å². The summed E-state index contributed by atoms with van der Waals surface area (Å²) < 4.78 is 12.9. The molecule has 14 rings (SSSR count). The van der Waals surface area contributed by atoms with E-state index in [0.29, 0.717) is 17.5 Å². The van der Waals surface area contributed by atoms with Crippen molar-refractivity contribution in [3.05, 3.63) is 222 Å². The van der Waals surface area contributed by atoms with E-state index in [1.165, 1.54) is 50.1 Å². The Kier molecular flexibility index (Phi) is 6.97. The zero-order valence-corrected chi connectivity index (χ0v) is 33.7. The van der Waals surface area contributed by atoms with E-state index in [4.69, 9.17) is 23.8 Å². The summed E-state index contributed by atoms with van der Waals surface area (Å²) in [7, 11) is 0. The highest BCUT2D eigenvalue weighted by atomic mass is 16.3. The summed E-state index contributed by atoms with van der Waals surface area (Å²) in [4.78, 5) is 15.5. The third-order valence-electron chi connectivity index (χ3n) is 13.4. The standard InChI is InChI=1S/C58H33N3O2/c1-2-14-34(15-3-1)55-59-56(36-29-31-50-44(33-36)41-19-7-11-26-49(41)62-50)61-57(60-55)43-22-13-27-52-53(43)45-32-35(28-30-51(45)63-52)37-20-12-21-42-40-18-6-10-25-48(40)58(54(37)42)46-23-8-4-16-38(46)39-17-5-9-24-47(39)58/h1-33H. The molecule has 0 N–H and O–H groups in total. The lowest BCUT2D eigenvalue weighted by Crippen LogP contribution is -2.26. The van der Waals surface area contributed by atoms with Crippen molar-refractivity contribution in [2.45, 2.75) is 5.41 Å². The van der Waals surface area contributed by atoms with Crippen molar-refractivity contribution in [2.75, 3.05) is 0 Å². The summed E-state index contributed by atoms with van der Waals surface area (Å²) in [6.45, 7) is 0. The van der Waals surface area contributed by atoms with Crippen LogP contribution < -0.4 is 0 Å². The van der Waals surface area contributed by atoms with Gasteiger partial charge in [-0.25, -0.2) is 15.0 Å². The highest BCUT2D eigenvalue weighted by molar-refractivity contribution is 6.13. The highest BCUT2D eigenvalue weighted by Gasteiger charge is 2.52. The van der Waals surface area contributed by atoms with Crippen LogP contribution in [0.4, 0.5) is 0 Å². The van der Waals surface area contributed by atoms with E-state index in [0.717, 1.165) is 66.1 Å². The number of hydrogen-bond donors (Lipinski definition) is 0. The molecule has 0 fully saturated rings. The van der Waals surface area contributed by atoms with E-state index < -0.39 is 5.41 Å². The van der Waals surface area contributed by atoms with Crippen molar-refractivity contribution in [1.82, 2.24) is 15.0 Å². The van der Waals surface area contributed by atoms with Gasteiger partial charge in [-0.2, -0.15) is 0 Å². The highest BCUT2D eigenvalue weighted by Crippen LogP contribution is 2.64. The fourth-order valence-electron chi connectivity index (χ4n) is 10.8. The number of benzene rings is 9. The lowest BCUT2D eigenvalue weighted by Gasteiger charge is -2.32. The number of para-hydroxylation sites is 1. The zero-order valence-electron chi connectivity index (χ0n) is 33.7. The first-order valence-corrected chi connectivity index (χ1v) is 21.3. The van der Waals surface area contributed by atoms with Crippen LogP contribution in [0.2, 0.25) is 0 Å². The Labute approximate surface area is 361 Å². The van der Waals surface area contributed by atoms with E-state index in [-0.39, 0.29) is 0 Å². The summed E-state index contributed by atoms with van der Waals surface area (Å²) in [6.07, 6.45) is 0. The molecule has 0 atom stereocenters. The molecular weight excluding hydrogens is 771 g/mol. The Hall–Kier alpha value is -8.41. The second-order valence-corrected chi connectivity index (χ2v) is 16.6. The first-order valence-electron chi connectivity index (χ1n) is 21.3. The van der Waals surface area contributed by atoms with Crippen molar-refractivity contribution in [1.29, 1.82) is 0 Å². The van der Waals surface area contributed by atoms with Gasteiger partial charge in [0.2, 0.25) is 0 Å². The van der Waals surface area contributed by atoms with Crippen LogP contribution >= 0.6 is 0 Å². The average molecular weight is 804 g/mol. The van der Waals surface area contributed by atoms with E-state index in [1.807, 2.05) is 72.8 Å². The Morgan fingerprint density at radius 2 is 0.794 bits per heavy atom. The Morgan fingerprint density at radius 3 is 1.56 bits per heavy atom. The molecule has 0 amide bonds. The van der Waals surface area contributed by atoms with Crippen molar-refractivity contribution in [2.24, 2.45) is 0 Å². The number of hydrogen-bond acceptors (Lipinski definition) is 5. The van der Waals surface area contributed by atoms with Crippen LogP contribution in [0.5, 0.6) is 0 Å². The summed E-state index contributed by atoms with van der Waals surface area (Å²) >= 11 is 0. The zero-order chi connectivity index (χ0) is 41.2. The molecule has 0 unspecified atom stereocenters. The Balaban J connectivity index is 0.996. The Morgan fingerprint density at radius 1 is 0.302 bits per heavy atom. The van der Waals surface area contributed by atoms with Crippen LogP contribution in [0.3, 0.4) is 0 Å². The van der Waals surface area contributed by atoms with Gasteiger partial charge < -0.3 is 8.83 Å². The van der Waals surface area contributed by atoms with Crippen LogP contribution in [-0.4, -0.2) is 15.0 Å². The van der Waals surface area contributed by atoms with E-state index in [2.05, 4.69) is 127 Å². The normalized spacial score (nSPS) is 13.2. The minimum atomic E-state index is -0.477. The van der Waals surface area contributed by atoms with Gasteiger partial charge in [0.25, 0.3) is 0 Å². The minimum absolute atomic E-state index is 0.477. The van der Waals surface area contributed by atoms with Gasteiger partial charge >= 0.3 is 0 Å². The van der Waals surface area contributed by atoms with Gasteiger partial charge in [-0.1, -0.05) is 158 Å². The molecule has 5 nitrogen and oxygen atoms in total. The van der Waals surface area contributed by atoms with Gasteiger partial charge in [0.15, 0.2) is 17.5 Å². The molecule has 0 bridgehead atoms. The molecule has 2 aliphatic carbocycles. The monoisotopic (exact) mass is 803 g/mol. The predicted octanol–water partition coefficient (Wildman–Crippen LogP) is 14.7. The molecule has 3 heterocycles. The minimum Gasteiger partial charge on any atom is -0.456 e. The summed E-state index contributed by atoms with van der Waals surface area (Å²) in [5, 5.41) is 4.03. The smallest absolute Gasteiger partial charge is 0.164 e. The lowest BCUT2D eigenvalue weighted by molar-refractivity contribution is 0.668. The molecule has 292 valence electrons. The first-order chi connectivity index (χ1) is 31.2. The number of fused-ring (bicyclic) bond motifs is 16. The largest absolute Gasteiger partial charge is 0.456 e. The fraction of sp³-hybridized carbons (Fsp3) is 0.0172. The summed E-state index contributed by atoms with van der Waals surface area (Å²) in [5.74, 6) is 1.75. The molecule has 3 aromatic heterocycles. The van der Waals surface area contributed by atoms with Crippen LogP contribution in [0.1, 0.15) is 22.3 Å². The predicted molar refractivity (Wildman–Crippen MR) is 252 cm³/mol. The van der Waals surface area contributed by atoms with Crippen molar-refractivity contribution < 1.29 is 8.83 Å². The molecule has 63 heavy (non-hydrogen) atoms. The van der Waals surface area contributed by atoms with Gasteiger partial charge in [0.05, 0.1) is 5.41 Å². The number of aromatic nitrogens is 3. The molecule has 0 radical (unpaired) electrons. The van der Waals surface area contributed by atoms with Gasteiger partial charge in [0, 0.05) is 38.2 Å². The second-order valence-electron chi connectivity index (χ2n) is 16.6. The van der Waals surface area contributed by atoms with Crippen molar-refractivity contribution >= 4 is 43.9 Å². The summed E-state index contributed by atoms with van der Waals surface area (Å²) in [5.41, 5.74) is 18.1. The molecule has 1 spiro atoms. The SMILES string of the molecule is c1ccc(-c2nc(-c3ccc4oc5ccccc5c4c3)nc(-c3cccc4oc5ccc(-c6cccc7c6C6(c8ccccc8-c8ccccc86)c6ccccc6-7)cc5c34)n2)cc1. The quantitative estimate of drug-likeness (QED) is 0.177. The van der Waals surface area contributed by atoms with Crippen molar-refractivity contribution in [3.8, 4) is 67.5 Å². The van der Waals surface area contributed by atoms with E-state index in [1.54, 1.807) is 0 Å². The third-order valence-corrected chi connectivity index (χ3v) is 13.4. The van der Waals surface area contributed by atoms with Gasteiger partial charge in [-0.15, -0.1) is 0 Å². The van der Waals surface area contributed by atoms with E-state index >= 15 is 0 Å². The number of rotatable bonds is 4. The molecule has 0 saturated heterocycles. The number of furan rings is 2. The molecule has 2 aliphatic rings. The Bertz CT molecular complexity index is 3810. The number of nitrogens with zero attached hydrogens (tertiary/aromatic N) is 3. The average Bonchev–Trinajstić information content (AvgIpc) is 4.09. The van der Waals surface area contributed by atoms with Crippen LogP contribution in [0.25, 0.3) is 111 Å². The van der Waals surface area contributed by atoms with Crippen LogP contribution in [-0.2, 0) is 5.41 Å². The third kappa shape index (κ3) is 4.73. The fourth-order valence-corrected chi connectivity index (χ4v) is 10.8. The van der Waals surface area contributed by atoms with Crippen LogP contribution in [0.15, 0.2) is 209 Å². The molecule has 5 heteroatoms. The van der Waals surface area contributed by atoms with Gasteiger partial charge in [0.1, 0.15) is 22.3 Å². The molecule has 0 aliphatic heterocycles. The maximum Gasteiger partial charge on any atom is 0.164 e. The molecule has 0 saturated carbocycles. The molecular formula is C58H33N3O2. The lowest BCUT2D eigenvalue weighted by atomic mass is 9.68. The maximum absolute atomic E-state index is 6.66. The first kappa shape index (κ1) is 34.3. The van der Waals surface area contributed by atoms with Crippen molar-refractivity contribution in [3.63, 3.8) is 0 Å². The van der Waals surface area contributed by atoms with Gasteiger partial charge in [-0.3, -0.25) is 0 Å². The molecule has 12 aromatic rings. The van der Waals surface area contributed by atoms with Crippen LogP contribution in [0, 0.1) is 0 Å².